The zero-order valence-corrected chi connectivity index (χ0v) is 14.3. The highest BCUT2D eigenvalue weighted by molar-refractivity contribution is 5.86. The average molecular weight is 341 g/mol. The fourth-order valence-electron chi connectivity index (χ4n) is 3.36. The third-order valence-corrected chi connectivity index (χ3v) is 4.56. The van der Waals surface area contributed by atoms with E-state index in [1.807, 2.05) is 43.6 Å². The molecule has 1 aliphatic heterocycles. The Morgan fingerprint density at radius 2 is 2.08 bits per heavy atom. The molecule has 0 unspecified atom stereocenters. The van der Waals surface area contributed by atoms with E-state index < -0.39 is 5.91 Å². The van der Waals surface area contributed by atoms with Crippen LogP contribution in [0.4, 0.5) is 0 Å². The van der Waals surface area contributed by atoms with Gasteiger partial charge >= 0.3 is 0 Å². The molecule has 2 heterocycles. The number of carbonyl (C=O) groups excluding carboxylic acids is 2. The van der Waals surface area contributed by atoms with Gasteiger partial charge in [0, 0.05) is 38.8 Å². The van der Waals surface area contributed by atoms with Crippen molar-refractivity contribution in [2.24, 2.45) is 18.7 Å². The van der Waals surface area contributed by atoms with E-state index in [4.69, 9.17) is 5.73 Å². The molecular formula is C18H23N5O2. The first-order valence-corrected chi connectivity index (χ1v) is 8.35. The van der Waals surface area contributed by atoms with Gasteiger partial charge in [-0.25, -0.2) is 0 Å². The molecule has 25 heavy (non-hydrogen) atoms. The fourth-order valence-corrected chi connectivity index (χ4v) is 3.36. The van der Waals surface area contributed by atoms with Crippen LogP contribution in [0, 0.1) is 5.92 Å². The maximum absolute atomic E-state index is 13.1. The molecule has 7 heteroatoms. The summed E-state index contributed by atoms with van der Waals surface area (Å²) in [6.45, 7) is 1.60. The van der Waals surface area contributed by atoms with Gasteiger partial charge in [-0.3, -0.25) is 14.3 Å². The smallest absolute Gasteiger partial charge is 0.237 e. The van der Waals surface area contributed by atoms with Crippen LogP contribution >= 0.6 is 0 Å². The van der Waals surface area contributed by atoms with Gasteiger partial charge in [0.25, 0.3) is 0 Å². The quantitative estimate of drug-likeness (QED) is 0.787. The van der Waals surface area contributed by atoms with Crippen LogP contribution in [0.5, 0.6) is 0 Å². The molecule has 0 aliphatic carbocycles. The van der Waals surface area contributed by atoms with Crippen LogP contribution in [0.1, 0.15) is 17.0 Å². The Balaban J connectivity index is 1.79. The highest BCUT2D eigenvalue weighted by Crippen LogP contribution is 2.29. The highest BCUT2D eigenvalue weighted by atomic mass is 16.2. The first-order valence-electron chi connectivity index (χ1n) is 8.35. The monoisotopic (exact) mass is 341 g/mol. The zero-order chi connectivity index (χ0) is 17.8. The van der Waals surface area contributed by atoms with E-state index in [1.54, 1.807) is 15.8 Å². The standard InChI is InChI=1S/C18H23N5O2/c1-22-11-14(7-21-22)15-8-20-9-16(15)18(25)23(12-17(19)24)10-13-5-3-2-4-6-13/h2-7,11,15-16,20H,8-10,12H2,1H3,(H2,19,24)/t15-,16+/m1/s1. The topological polar surface area (TPSA) is 93.3 Å². The van der Waals surface area contributed by atoms with Crippen LogP contribution in [-0.2, 0) is 23.2 Å². The summed E-state index contributed by atoms with van der Waals surface area (Å²) in [5, 5.41) is 7.49. The second-order valence-corrected chi connectivity index (χ2v) is 6.46. The fraction of sp³-hybridized carbons (Fsp3) is 0.389. The lowest BCUT2D eigenvalue weighted by Crippen LogP contribution is -2.43. The lowest BCUT2D eigenvalue weighted by atomic mass is 9.89. The lowest BCUT2D eigenvalue weighted by Gasteiger charge is -2.27. The maximum Gasteiger partial charge on any atom is 0.237 e. The molecule has 2 amide bonds. The summed E-state index contributed by atoms with van der Waals surface area (Å²) in [6.07, 6.45) is 3.74. The third kappa shape index (κ3) is 4.06. The number of benzene rings is 1. The van der Waals surface area contributed by atoms with Gasteiger partial charge in [0.05, 0.1) is 18.7 Å². The van der Waals surface area contributed by atoms with Crippen LogP contribution in [0.2, 0.25) is 0 Å². The van der Waals surface area contributed by atoms with E-state index in [1.165, 1.54) is 0 Å². The van der Waals surface area contributed by atoms with Gasteiger partial charge in [0.15, 0.2) is 0 Å². The van der Waals surface area contributed by atoms with Crippen molar-refractivity contribution in [2.75, 3.05) is 19.6 Å². The van der Waals surface area contributed by atoms with Crippen molar-refractivity contribution in [2.45, 2.75) is 12.5 Å². The number of amides is 2. The number of rotatable bonds is 6. The van der Waals surface area contributed by atoms with E-state index in [0.29, 0.717) is 13.1 Å². The largest absolute Gasteiger partial charge is 0.368 e. The first kappa shape index (κ1) is 17.2. The molecule has 1 aliphatic rings. The van der Waals surface area contributed by atoms with Crippen LogP contribution in [0.15, 0.2) is 42.7 Å². The molecule has 1 aromatic heterocycles. The molecule has 132 valence electrons. The Morgan fingerprint density at radius 1 is 1.32 bits per heavy atom. The SMILES string of the molecule is Cn1cc([C@H]2CNC[C@@H]2C(=O)N(CC(N)=O)Cc2ccccc2)cn1. The summed E-state index contributed by atoms with van der Waals surface area (Å²) >= 11 is 0. The van der Waals surface area contributed by atoms with Crippen molar-refractivity contribution in [3.63, 3.8) is 0 Å². The maximum atomic E-state index is 13.1. The Hall–Kier alpha value is -2.67. The molecule has 3 N–H and O–H groups in total. The minimum atomic E-state index is -0.506. The number of primary amides is 1. The Kier molecular flexibility index (Phi) is 5.14. The summed E-state index contributed by atoms with van der Waals surface area (Å²) in [5.41, 5.74) is 7.38. The van der Waals surface area contributed by atoms with Gasteiger partial charge in [-0.15, -0.1) is 0 Å². The van der Waals surface area contributed by atoms with Crippen LogP contribution in [0.25, 0.3) is 0 Å². The van der Waals surface area contributed by atoms with Crippen LogP contribution in [0.3, 0.4) is 0 Å². The molecule has 3 rings (SSSR count). The number of nitrogens with one attached hydrogen (secondary N) is 1. The summed E-state index contributed by atoms with van der Waals surface area (Å²) in [7, 11) is 1.86. The minimum Gasteiger partial charge on any atom is -0.368 e. The second-order valence-electron chi connectivity index (χ2n) is 6.46. The molecular weight excluding hydrogens is 318 g/mol. The summed E-state index contributed by atoms with van der Waals surface area (Å²) in [4.78, 5) is 26.2. The van der Waals surface area contributed by atoms with Crippen molar-refractivity contribution >= 4 is 11.8 Å². The predicted octanol–water partition coefficient (Wildman–Crippen LogP) is 0.237. The Morgan fingerprint density at radius 3 is 2.72 bits per heavy atom. The van der Waals surface area contributed by atoms with Gasteiger partial charge in [-0.2, -0.15) is 5.10 Å². The molecule has 0 bridgehead atoms. The zero-order valence-electron chi connectivity index (χ0n) is 14.3. The van der Waals surface area contributed by atoms with Gasteiger partial charge in [-0.05, 0) is 11.1 Å². The number of carbonyl (C=O) groups is 2. The Bertz CT molecular complexity index is 743. The molecule has 7 nitrogen and oxygen atoms in total. The average Bonchev–Trinajstić information content (AvgIpc) is 3.22. The number of hydrogen-bond donors (Lipinski definition) is 2. The molecule has 0 saturated carbocycles. The van der Waals surface area contributed by atoms with Gasteiger partial charge in [-0.1, -0.05) is 30.3 Å². The van der Waals surface area contributed by atoms with E-state index in [2.05, 4.69) is 10.4 Å². The van der Waals surface area contributed by atoms with E-state index in [0.717, 1.165) is 17.7 Å². The molecule has 0 radical (unpaired) electrons. The van der Waals surface area contributed by atoms with E-state index >= 15 is 0 Å². The lowest BCUT2D eigenvalue weighted by molar-refractivity contribution is -0.139. The predicted molar refractivity (Wildman–Crippen MR) is 93.4 cm³/mol. The van der Waals surface area contributed by atoms with Crippen LogP contribution < -0.4 is 11.1 Å². The van der Waals surface area contributed by atoms with Gasteiger partial charge < -0.3 is 16.0 Å². The molecule has 1 fully saturated rings. The van der Waals surface area contributed by atoms with Crippen LogP contribution in [-0.4, -0.2) is 46.1 Å². The number of nitrogens with zero attached hydrogens (tertiary/aromatic N) is 3. The number of aryl methyl sites for hydroxylation is 1. The van der Waals surface area contributed by atoms with Crippen molar-refractivity contribution in [1.29, 1.82) is 0 Å². The summed E-state index contributed by atoms with van der Waals surface area (Å²) in [6, 6.07) is 9.62. The number of hydrogen-bond acceptors (Lipinski definition) is 4. The van der Waals surface area contributed by atoms with Gasteiger partial charge in [0.2, 0.25) is 11.8 Å². The highest BCUT2D eigenvalue weighted by Gasteiger charge is 2.37. The van der Waals surface area contributed by atoms with E-state index in [-0.39, 0.29) is 24.3 Å². The Labute approximate surface area is 146 Å². The molecule has 1 aromatic carbocycles. The number of aromatic nitrogens is 2. The third-order valence-electron chi connectivity index (χ3n) is 4.56. The normalized spacial score (nSPS) is 19.7. The second kappa shape index (κ2) is 7.48. The number of nitrogens with two attached hydrogens (primary N) is 1. The van der Waals surface area contributed by atoms with Crippen molar-refractivity contribution < 1.29 is 9.59 Å². The molecule has 2 aromatic rings. The molecule has 2 atom stereocenters. The van der Waals surface area contributed by atoms with Crippen molar-refractivity contribution in [3.05, 3.63) is 53.9 Å². The van der Waals surface area contributed by atoms with E-state index in [9.17, 15) is 9.59 Å². The molecule has 0 spiro atoms. The summed E-state index contributed by atoms with van der Waals surface area (Å²) < 4.78 is 1.74. The minimum absolute atomic E-state index is 0.0485. The van der Waals surface area contributed by atoms with Crippen molar-refractivity contribution in [1.82, 2.24) is 20.0 Å². The van der Waals surface area contributed by atoms with Gasteiger partial charge in [0.1, 0.15) is 0 Å². The first-order chi connectivity index (χ1) is 12.0. The van der Waals surface area contributed by atoms with Crippen molar-refractivity contribution in [3.8, 4) is 0 Å². The molecule has 1 saturated heterocycles. The summed E-state index contributed by atoms with van der Waals surface area (Å²) in [5.74, 6) is -0.741.